The lowest BCUT2D eigenvalue weighted by Crippen LogP contribution is -2.13. The van der Waals surface area contributed by atoms with Crippen LogP contribution in [0.3, 0.4) is 0 Å². The number of pyridine rings is 1. The summed E-state index contributed by atoms with van der Waals surface area (Å²) in [6.07, 6.45) is 1.83. The van der Waals surface area contributed by atoms with Crippen molar-refractivity contribution < 1.29 is 19.4 Å². The molecule has 1 N–H and O–H groups in total. The summed E-state index contributed by atoms with van der Waals surface area (Å²) in [5.74, 6) is -0.759. The lowest BCUT2D eigenvalue weighted by Gasteiger charge is -2.13. The highest BCUT2D eigenvalue weighted by atomic mass is 32.1. The summed E-state index contributed by atoms with van der Waals surface area (Å²) in [5, 5.41) is 11.1. The molecule has 0 amide bonds. The van der Waals surface area contributed by atoms with Gasteiger partial charge in [-0.15, -0.1) is 11.3 Å². The standard InChI is InChI=1S/C19H20N2O4S/c1-3-25-15-6-4-8-21-18(12(2)20-19(15)21)14(22)10-13(11-17(23)24)16-7-5-9-26-16/h4-9,13H,3,10-11H2,1-2H3,(H,23,24)/t13-/m0/s1. The fourth-order valence-electron chi connectivity index (χ4n) is 3.09. The van der Waals surface area contributed by atoms with Crippen LogP contribution in [0.1, 0.15) is 46.7 Å². The number of aryl methyl sites for hydroxylation is 1. The van der Waals surface area contributed by atoms with E-state index in [1.165, 1.54) is 11.3 Å². The average Bonchev–Trinajstić information content (AvgIpc) is 3.21. The number of ether oxygens (including phenoxy) is 1. The zero-order chi connectivity index (χ0) is 18.7. The number of nitrogens with zero attached hydrogens (tertiary/aromatic N) is 2. The van der Waals surface area contributed by atoms with Gasteiger partial charge < -0.3 is 9.84 Å². The van der Waals surface area contributed by atoms with Crippen LogP contribution in [0.4, 0.5) is 0 Å². The number of carbonyl (C=O) groups is 2. The molecule has 0 aromatic carbocycles. The third-order valence-corrected chi connectivity index (χ3v) is 5.19. The lowest BCUT2D eigenvalue weighted by atomic mass is 9.95. The second kappa shape index (κ2) is 7.70. The predicted molar refractivity (Wildman–Crippen MR) is 99.4 cm³/mol. The van der Waals surface area contributed by atoms with E-state index in [1.807, 2.05) is 36.6 Å². The number of aromatic nitrogens is 2. The Labute approximate surface area is 155 Å². The Kier molecular flexibility index (Phi) is 5.37. The normalized spacial score (nSPS) is 12.2. The molecule has 0 saturated carbocycles. The number of hydrogen-bond donors (Lipinski definition) is 1. The van der Waals surface area contributed by atoms with E-state index in [-0.39, 0.29) is 24.5 Å². The van der Waals surface area contributed by atoms with Gasteiger partial charge in [0.25, 0.3) is 0 Å². The van der Waals surface area contributed by atoms with E-state index in [0.29, 0.717) is 29.4 Å². The minimum atomic E-state index is -0.912. The van der Waals surface area contributed by atoms with Crippen molar-refractivity contribution in [3.05, 3.63) is 52.1 Å². The molecule has 0 spiro atoms. The SMILES string of the molecule is CCOc1cccn2c(C(=O)C[C@@H](CC(=O)O)c3cccs3)c(C)nc12. The number of carboxylic acid groups (broad SMARTS) is 1. The van der Waals surface area contributed by atoms with E-state index in [1.54, 1.807) is 17.5 Å². The molecule has 0 saturated heterocycles. The number of carboxylic acids is 1. The van der Waals surface area contributed by atoms with Crippen LogP contribution in [0.25, 0.3) is 5.65 Å². The van der Waals surface area contributed by atoms with Crippen molar-refractivity contribution in [2.24, 2.45) is 0 Å². The summed E-state index contributed by atoms with van der Waals surface area (Å²) in [4.78, 5) is 29.6. The average molecular weight is 372 g/mol. The molecule has 0 unspecified atom stereocenters. The Bertz CT molecular complexity index is 931. The Balaban J connectivity index is 1.95. The van der Waals surface area contributed by atoms with Gasteiger partial charge in [0, 0.05) is 23.4 Å². The number of rotatable bonds is 8. The molecule has 0 aliphatic heterocycles. The van der Waals surface area contributed by atoms with Crippen LogP contribution in [0, 0.1) is 6.92 Å². The highest BCUT2D eigenvalue weighted by Gasteiger charge is 2.25. The number of thiophene rings is 1. The van der Waals surface area contributed by atoms with Crippen LogP contribution in [0.15, 0.2) is 35.8 Å². The second-order valence-corrected chi connectivity index (χ2v) is 6.96. The van der Waals surface area contributed by atoms with Crippen molar-refractivity contribution in [2.75, 3.05) is 6.61 Å². The largest absolute Gasteiger partial charge is 0.490 e. The summed E-state index contributed by atoms with van der Waals surface area (Å²) in [7, 11) is 0. The highest BCUT2D eigenvalue weighted by Crippen LogP contribution is 2.30. The zero-order valence-electron chi connectivity index (χ0n) is 14.6. The monoisotopic (exact) mass is 372 g/mol. The molecule has 0 aliphatic carbocycles. The van der Waals surface area contributed by atoms with Gasteiger partial charge in [-0.3, -0.25) is 14.0 Å². The summed E-state index contributed by atoms with van der Waals surface area (Å²) >= 11 is 1.47. The Morgan fingerprint density at radius 2 is 2.12 bits per heavy atom. The van der Waals surface area contributed by atoms with Crippen molar-refractivity contribution in [3.8, 4) is 5.75 Å². The fourth-order valence-corrected chi connectivity index (χ4v) is 3.92. The molecule has 0 fully saturated rings. The molecule has 3 aromatic heterocycles. The maximum absolute atomic E-state index is 13.0. The molecule has 3 aromatic rings. The number of hydrogen-bond acceptors (Lipinski definition) is 5. The summed E-state index contributed by atoms with van der Waals surface area (Å²) < 4.78 is 7.32. The van der Waals surface area contributed by atoms with Gasteiger partial charge in [-0.25, -0.2) is 4.98 Å². The van der Waals surface area contributed by atoms with Gasteiger partial charge in [0.05, 0.1) is 18.7 Å². The van der Waals surface area contributed by atoms with E-state index in [9.17, 15) is 14.7 Å². The first-order chi connectivity index (χ1) is 12.5. The Morgan fingerprint density at radius 1 is 1.31 bits per heavy atom. The molecule has 0 aliphatic rings. The lowest BCUT2D eigenvalue weighted by molar-refractivity contribution is -0.137. The summed E-state index contributed by atoms with van der Waals surface area (Å²) in [6.45, 7) is 4.18. The zero-order valence-corrected chi connectivity index (χ0v) is 15.5. The Morgan fingerprint density at radius 3 is 2.77 bits per heavy atom. The molecule has 26 heavy (non-hydrogen) atoms. The first-order valence-corrected chi connectivity index (χ1v) is 9.28. The maximum Gasteiger partial charge on any atom is 0.304 e. The molecular formula is C19H20N2O4S. The van der Waals surface area contributed by atoms with Gasteiger partial charge in [0.1, 0.15) is 5.69 Å². The topological polar surface area (TPSA) is 80.9 Å². The van der Waals surface area contributed by atoms with Crippen molar-refractivity contribution in [3.63, 3.8) is 0 Å². The molecule has 136 valence electrons. The molecule has 7 heteroatoms. The van der Waals surface area contributed by atoms with Crippen LogP contribution >= 0.6 is 11.3 Å². The first-order valence-electron chi connectivity index (χ1n) is 8.40. The number of aliphatic carboxylic acids is 1. The molecule has 3 heterocycles. The summed E-state index contributed by atoms with van der Waals surface area (Å²) in [6, 6.07) is 7.37. The van der Waals surface area contributed by atoms with Gasteiger partial charge in [0.2, 0.25) is 0 Å². The van der Waals surface area contributed by atoms with E-state index in [2.05, 4.69) is 4.98 Å². The van der Waals surface area contributed by atoms with Gasteiger partial charge >= 0.3 is 5.97 Å². The van der Waals surface area contributed by atoms with E-state index in [0.717, 1.165) is 4.88 Å². The van der Waals surface area contributed by atoms with Crippen LogP contribution < -0.4 is 4.74 Å². The quantitative estimate of drug-likeness (QED) is 0.606. The van der Waals surface area contributed by atoms with Gasteiger partial charge in [0.15, 0.2) is 17.2 Å². The van der Waals surface area contributed by atoms with Gasteiger partial charge in [-0.2, -0.15) is 0 Å². The molecule has 1 atom stereocenters. The van der Waals surface area contributed by atoms with Gasteiger partial charge in [-0.05, 0) is 37.4 Å². The minimum absolute atomic E-state index is 0.0771. The third-order valence-electron chi connectivity index (χ3n) is 4.15. The third kappa shape index (κ3) is 3.62. The minimum Gasteiger partial charge on any atom is -0.490 e. The number of imidazole rings is 1. The number of carbonyl (C=O) groups excluding carboxylic acids is 1. The molecule has 0 radical (unpaired) electrons. The molecule has 6 nitrogen and oxygen atoms in total. The molecular weight excluding hydrogens is 352 g/mol. The van der Waals surface area contributed by atoms with Crippen LogP contribution in [0.5, 0.6) is 5.75 Å². The van der Waals surface area contributed by atoms with E-state index >= 15 is 0 Å². The van der Waals surface area contributed by atoms with Crippen molar-refractivity contribution in [1.29, 1.82) is 0 Å². The predicted octanol–water partition coefficient (Wildman–Crippen LogP) is 3.93. The van der Waals surface area contributed by atoms with Crippen molar-refractivity contribution >= 4 is 28.7 Å². The second-order valence-electron chi connectivity index (χ2n) is 5.98. The highest BCUT2D eigenvalue weighted by molar-refractivity contribution is 7.10. The number of ketones is 1. The van der Waals surface area contributed by atoms with Crippen molar-refractivity contribution in [1.82, 2.24) is 9.38 Å². The number of Topliss-reactive ketones (excluding diaryl/α,β-unsaturated/α-hetero) is 1. The molecule has 3 rings (SSSR count). The smallest absolute Gasteiger partial charge is 0.304 e. The van der Waals surface area contributed by atoms with E-state index < -0.39 is 5.97 Å². The van der Waals surface area contributed by atoms with Crippen LogP contribution in [0.2, 0.25) is 0 Å². The number of fused-ring (bicyclic) bond motifs is 1. The van der Waals surface area contributed by atoms with Crippen LogP contribution in [-0.4, -0.2) is 32.9 Å². The first kappa shape index (κ1) is 18.1. The summed E-state index contributed by atoms with van der Waals surface area (Å²) in [5.41, 5.74) is 1.69. The van der Waals surface area contributed by atoms with Crippen LogP contribution in [-0.2, 0) is 4.79 Å². The fraction of sp³-hybridized carbons (Fsp3) is 0.316. The maximum atomic E-state index is 13.0. The van der Waals surface area contributed by atoms with E-state index in [4.69, 9.17) is 4.74 Å². The van der Waals surface area contributed by atoms with Gasteiger partial charge in [-0.1, -0.05) is 6.07 Å². The van der Waals surface area contributed by atoms with Crippen molar-refractivity contribution in [2.45, 2.75) is 32.6 Å². The Hall–Kier alpha value is -2.67. The molecule has 0 bridgehead atoms.